The molecular formula is C16H15ClO4. The van der Waals surface area contributed by atoms with Crippen LogP contribution in [0, 0.1) is 5.41 Å². The van der Waals surface area contributed by atoms with Crippen LogP contribution in [0.25, 0.3) is 0 Å². The van der Waals surface area contributed by atoms with E-state index in [4.69, 9.17) is 16.7 Å². The van der Waals surface area contributed by atoms with Gasteiger partial charge in [-0.25, -0.2) is 4.79 Å². The van der Waals surface area contributed by atoms with Crippen LogP contribution in [0.2, 0.25) is 0 Å². The summed E-state index contributed by atoms with van der Waals surface area (Å²) in [6.45, 7) is 1.51. The van der Waals surface area contributed by atoms with E-state index < -0.39 is 22.7 Å². The summed E-state index contributed by atoms with van der Waals surface area (Å²) in [6, 6.07) is 9.13. The Bertz CT molecular complexity index is 633. The van der Waals surface area contributed by atoms with Crippen LogP contribution in [0.15, 0.2) is 53.6 Å². The monoisotopic (exact) mass is 306 g/mol. The Morgan fingerprint density at radius 2 is 1.81 bits per heavy atom. The summed E-state index contributed by atoms with van der Waals surface area (Å²) in [7, 11) is 0. The van der Waals surface area contributed by atoms with Crippen molar-refractivity contribution in [1.29, 1.82) is 0 Å². The molecule has 1 aromatic carbocycles. The van der Waals surface area contributed by atoms with Gasteiger partial charge in [-0.3, -0.25) is 4.79 Å². The minimum absolute atomic E-state index is 0.0700. The van der Waals surface area contributed by atoms with Gasteiger partial charge < -0.3 is 10.2 Å². The number of hydrogen-bond donors (Lipinski definition) is 2. The van der Waals surface area contributed by atoms with Crippen LogP contribution in [0.1, 0.15) is 24.3 Å². The highest BCUT2D eigenvalue weighted by Crippen LogP contribution is 2.46. The first-order chi connectivity index (χ1) is 9.86. The number of carboxylic acids is 2. The third kappa shape index (κ3) is 2.85. The van der Waals surface area contributed by atoms with Gasteiger partial charge in [-0.2, -0.15) is 0 Å². The average Bonchev–Trinajstić information content (AvgIpc) is 2.47. The number of benzene rings is 1. The maximum Gasteiger partial charge on any atom is 0.331 e. The fourth-order valence-corrected chi connectivity index (χ4v) is 2.89. The maximum absolute atomic E-state index is 11.7. The number of aliphatic carboxylic acids is 2. The Morgan fingerprint density at radius 1 is 1.19 bits per heavy atom. The van der Waals surface area contributed by atoms with Crippen LogP contribution < -0.4 is 0 Å². The van der Waals surface area contributed by atoms with Crippen LogP contribution in [0.4, 0.5) is 0 Å². The lowest BCUT2D eigenvalue weighted by Gasteiger charge is -2.33. The second-order valence-corrected chi connectivity index (χ2v) is 5.64. The molecule has 0 aromatic heterocycles. The van der Waals surface area contributed by atoms with Crippen LogP contribution in [-0.2, 0) is 9.59 Å². The van der Waals surface area contributed by atoms with Crippen molar-refractivity contribution in [2.45, 2.75) is 18.7 Å². The lowest BCUT2D eigenvalue weighted by Crippen LogP contribution is -2.34. The summed E-state index contributed by atoms with van der Waals surface area (Å²) in [5, 5.41) is 18.0. The molecule has 0 saturated heterocycles. The zero-order valence-corrected chi connectivity index (χ0v) is 12.2. The molecule has 2 atom stereocenters. The van der Waals surface area contributed by atoms with E-state index in [0.29, 0.717) is 5.57 Å². The van der Waals surface area contributed by atoms with E-state index in [1.165, 1.54) is 19.1 Å². The normalized spacial score (nSPS) is 23.0. The second kappa shape index (κ2) is 5.74. The van der Waals surface area contributed by atoms with E-state index >= 15 is 0 Å². The number of alkyl halides is 1. The van der Waals surface area contributed by atoms with Crippen LogP contribution in [0.5, 0.6) is 0 Å². The largest absolute Gasteiger partial charge is 0.481 e. The number of carbonyl (C=O) groups is 2. The summed E-state index contributed by atoms with van der Waals surface area (Å²) < 4.78 is 0. The minimum atomic E-state index is -1.33. The maximum atomic E-state index is 11.7. The molecule has 0 aliphatic heterocycles. The summed E-state index contributed by atoms with van der Waals surface area (Å²) in [4.78, 5) is 22.8. The number of hydrogen-bond acceptors (Lipinski definition) is 2. The predicted octanol–water partition coefficient (Wildman–Crippen LogP) is 3.40. The van der Waals surface area contributed by atoms with Crippen molar-refractivity contribution < 1.29 is 19.8 Å². The number of carboxylic acid groups (broad SMARTS) is 2. The molecule has 21 heavy (non-hydrogen) atoms. The first-order valence-electron chi connectivity index (χ1n) is 6.43. The Hall–Kier alpha value is -2.07. The highest BCUT2D eigenvalue weighted by Gasteiger charge is 2.43. The Balaban J connectivity index is 2.48. The number of allylic oxidation sites excluding steroid dienone is 2. The highest BCUT2D eigenvalue weighted by molar-refractivity contribution is 6.23. The fourth-order valence-electron chi connectivity index (χ4n) is 2.43. The van der Waals surface area contributed by atoms with Gasteiger partial charge in [0.2, 0.25) is 0 Å². The van der Waals surface area contributed by atoms with E-state index in [9.17, 15) is 14.7 Å². The van der Waals surface area contributed by atoms with Crippen LogP contribution >= 0.6 is 11.6 Å². The standard InChI is InChI=1S/C16H15ClO4/c1-16(15(20)21)9-11(14(18)19)7-8-12(16)13(17)10-5-3-2-4-6-10/h2-8,13H,9H2,1H3,(H,18,19)(H,20,21). The number of halogens is 1. The molecule has 2 N–H and O–H groups in total. The van der Waals surface area contributed by atoms with E-state index in [-0.39, 0.29) is 12.0 Å². The molecule has 4 nitrogen and oxygen atoms in total. The van der Waals surface area contributed by atoms with E-state index in [1.807, 2.05) is 30.3 Å². The molecule has 1 aliphatic rings. The summed E-state index contributed by atoms with van der Waals surface area (Å²) in [5.74, 6) is -2.19. The van der Waals surface area contributed by atoms with E-state index in [1.54, 1.807) is 0 Å². The van der Waals surface area contributed by atoms with Gasteiger partial charge in [0.15, 0.2) is 0 Å². The van der Waals surface area contributed by atoms with Crippen molar-refractivity contribution in [2.24, 2.45) is 5.41 Å². The van der Waals surface area contributed by atoms with Crippen LogP contribution in [-0.4, -0.2) is 22.2 Å². The summed E-state index contributed by atoms with van der Waals surface area (Å²) >= 11 is 6.43. The summed E-state index contributed by atoms with van der Waals surface area (Å²) in [6.07, 6.45) is 2.87. The molecular weight excluding hydrogens is 292 g/mol. The molecule has 2 unspecified atom stereocenters. The van der Waals surface area contributed by atoms with E-state index in [2.05, 4.69) is 0 Å². The van der Waals surface area contributed by atoms with Gasteiger partial charge in [-0.05, 0) is 24.5 Å². The Morgan fingerprint density at radius 3 is 2.33 bits per heavy atom. The second-order valence-electron chi connectivity index (χ2n) is 5.21. The van der Waals surface area contributed by atoms with Gasteiger partial charge >= 0.3 is 11.9 Å². The minimum Gasteiger partial charge on any atom is -0.481 e. The van der Waals surface area contributed by atoms with Gasteiger partial charge in [-0.15, -0.1) is 11.6 Å². The smallest absolute Gasteiger partial charge is 0.331 e. The van der Waals surface area contributed by atoms with Crippen molar-refractivity contribution in [3.8, 4) is 0 Å². The molecule has 0 spiro atoms. The summed E-state index contributed by atoms with van der Waals surface area (Å²) in [5.41, 5.74) is 0.0172. The lowest BCUT2D eigenvalue weighted by molar-refractivity contribution is -0.146. The highest BCUT2D eigenvalue weighted by atomic mass is 35.5. The molecule has 0 amide bonds. The molecule has 1 aliphatic carbocycles. The first kappa shape index (κ1) is 15.3. The van der Waals surface area contributed by atoms with Gasteiger partial charge in [0, 0.05) is 5.57 Å². The topological polar surface area (TPSA) is 74.6 Å². The molecule has 1 aromatic rings. The Labute approximate surface area is 127 Å². The first-order valence-corrected chi connectivity index (χ1v) is 6.87. The third-order valence-electron chi connectivity index (χ3n) is 3.76. The van der Waals surface area contributed by atoms with Crippen molar-refractivity contribution in [3.05, 3.63) is 59.2 Å². The molecule has 110 valence electrons. The lowest BCUT2D eigenvalue weighted by atomic mass is 9.71. The molecule has 0 bridgehead atoms. The van der Waals surface area contributed by atoms with E-state index in [0.717, 1.165) is 5.56 Å². The molecule has 0 fully saturated rings. The zero-order valence-electron chi connectivity index (χ0n) is 11.4. The quantitative estimate of drug-likeness (QED) is 0.836. The number of rotatable bonds is 4. The van der Waals surface area contributed by atoms with Gasteiger partial charge in [0.05, 0.1) is 10.8 Å². The molecule has 0 saturated carbocycles. The van der Waals surface area contributed by atoms with Gasteiger partial charge in [0.1, 0.15) is 0 Å². The predicted molar refractivity (Wildman–Crippen MR) is 79.2 cm³/mol. The molecule has 5 heteroatoms. The third-order valence-corrected chi connectivity index (χ3v) is 4.24. The van der Waals surface area contributed by atoms with Crippen molar-refractivity contribution in [2.75, 3.05) is 0 Å². The van der Waals surface area contributed by atoms with Crippen molar-refractivity contribution in [3.63, 3.8) is 0 Å². The Kier molecular flexibility index (Phi) is 4.19. The fraction of sp³-hybridized carbons (Fsp3) is 0.250. The molecule has 2 rings (SSSR count). The van der Waals surface area contributed by atoms with Crippen molar-refractivity contribution in [1.82, 2.24) is 0 Å². The average molecular weight is 307 g/mol. The van der Waals surface area contributed by atoms with Crippen molar-refractivity contribution >= 4 is 23.5 Å². The van der Waals surface area contributed by atoms with Gasteiger partial charge in [-0.1, -0.05) is 42.5 Å². The molecule has 0 radical (unpaired) electrons. The molecule has 0 heterocycles. The van der Waals surface area contributed by atoms with Gasteiger partial charge in [0.25, 0.3) is 0 Å². The zero-order chi connectivity index (χ0) is 15.6. The SMILES string of the molecule is CC1(C(=O)O)CC(C(=O)O)=CC=C1C(Cl)c1ccccc1. The van der Waals surface area contributed by atoms with Crippen LogP contribution in [0.3, 0.4) is 0 Å².